The molecule has 4 rings (SSSR count). The van der Waals surface area contributed by atoms with Crippen molar-refractivity contribution >= 4 is 0 Å². The van der Waals surface area contributed by atoms with Gasteiger partial charge in [0, 0.05) is 23.7 Å². The van der Waals surface area contributed by atoms with Crippen molar-refractivity contribution in [1.29, 1.82) is 0 Å². The molecule has 2 aliphatic rings. The van der Waals surface area contributed by atoms with Crippen LogP contribution in [-0.2, 0) is 22.4 Å². The quantitative estimate of drug-likeness (QED) is 0.217. The summed E-state index contributed by atoms with van der Waals surface area (Å²) < 4.78 is 24.9. The molecule has 3 heterocycles. The van der Waals surface area contributed by atoms with E-state index in [1.54, 1.807) is 6.07 Å². The van der Waals surface area contributed by atoms with Crippen molar-refractivity contribution in [3.8, 4) is 22.8 Å². The number of ether oxygens (including phenoxy) is 4. The molecule has 202 valence electrons. The van der Waals surface area contributed by atoms with Crippen LogP contribution < -0.4 is 37.8 Å². The molecule has 1 unspecified atom stereocenters. The van der Waals surface area contributed by atoms with Gasteiger partial charge in [-0.3, -0.25) is 16.0 Å². The molecule has 1 aromatic carbocycles. The summed E-state index contributed by atoms with van der Waals surface area (Å²) in [6, 6.07) is 7.59. The number of hydrogen-bond acceptors (Lipinski definition) is 9. The molecule has 0 saturated carbocycles. The Hall–Kier alpha value is -2.47. The number of nitrogens with one attached hydrogen (secondary N) is 2. The maximum atomic E-state index is 12.8. The number of benzene rings is 1. The van der Waals surface area contributed by atoms with E-state index in [4.69, 9.17) is 24.8 Å². The number of nitrogens with two attached hydrogens (primary N) is 1. The summed E-state index contributed by atoms with van der Waals surface area (Å²) in [6.07, 6.45) is 1.53. The van der Waals surface area contributed by atoms with Gasteiger partial charge in [-0.1, -0.05) is 20.8 Å². The van der Waals surface area contributed by atoms with Crippen LogP contribution >= 0.6 is 0 Å². The fourth-order valence-electron chi connectivity index (χ4n) is 4.26. The smallest absolute Gasteiger partial charge is 0.254 e. The number of aromatic nitrogens is 1. The Morgan fingerprint density at radius 3 is 2.72 bits per heavy atom. The van der Waals surface area contributed by atoms with Gasteiger partial charge in [-0.25, -0.2) is 5.43 Å². The summed E-state index contributed by atoms with van der Waals surface area (Å²) >= 11 is 0. The lowest BCUT2D eigenvalue weighted by Crippen LogP contribution is -2.50. The molecule has 0 aliphatic carbocycles. The van der Waals surface area contributed by atoms with E-state index in [-0.39, 0.29) is 24.0 Å². The number of hydrazine groups is 1. The Morgan fingerprint density at radius 1 is 1.22 bits per heavy atom. The van der Waals surface area contributed by atoms with Crippen molar-refractivity contribution in [2.75, 3.05) is 39.6 Å². The summed E-state index contributed by atoms with van der Waals surface area (Å²) in [6.45, 7) is 12.0. The predicted octanol–water partition coefficient (Wildman–Crippen LogP) is 2.53. The molecule has 1 aromatic heterocycles. The minimum Gasteiger partial charge on any atom is -0.491 e. The molecule has 2 atom stereocenters. The van der Waals surface area contributed by atoms with Crippen molar-refractivity contribution in [2.45, 2.75) is 59.4 Å². The van der Waals surface area contributed by atoms with Crippen LogP contribution in [0.15, 0.2) is 29.1 Å². The highest BCUT2D eigenvalue weighted by molar-refractivity contribution is 5.71. The second kappa shape index (κ2) is 14.9. The normalized spacial score (nSPS) is 17.0. The second-order valence-electron chi connectivity index (χ2n) is 8.40. The first-order valence-electron chi connectivity index (χ1n) is 12.6. The lowest BCUT2D eigenvalue weighted by molar-refractivity contribution is -0.101. The third-order valence-corrected chi connectivity index (χ3v) is 6.02. The van der Waals surface area contributed by atoms with E-state index in [0.29, 0.717) is 45.3 Å². The SMILES string of the molecule is CC.CCCNC(COc1ccc2c(c1)CCn1c-2c(C)c(OC[C@@H]2COCCO2)cc1=O)NN.N. The molecule has 1 saturated heterocycles. The highest BCUT2D eigenvalue weighted by Crippen LogP contribution is 2.36. The van der Waals surface area contributed by atoms with Gasteiger partial charge < -0.3 is 29.7 Å². The third kappa shape index (κ3) is 7.28. The van der Waals surface area contributed by atoms with Gasteiger partial charge in [0.1, 0.15) is 37.0 Å². The second-order valence-corrected chi connectivity index (χ2v) is 8.40. The van der Waals surface area contributed by atoms with Crippen molar-refractivity contribution in [1.82, 2.24) is 21.5 Å². The number of aryl methyl sites for hydroxylation is 1. The van der Waals surface area contributed by atoms with E-state index in [9.17, 15) is 4.79 Å². The number of nitrogens with zero attached hydrogens (tertiary/aromatic N) is 1. The maximum absolute atomic E-state index is 12.8. The van der Waals surface area contributed by atoms with E-state index in [1.165, 1.54) is 0 Å². The molecule has 36 heavy (non-hydrogen) atoms. The molecule has 0 bridgehead atoms. The van der Waals surface area contributed by atoms with Gasteiger partial charge in [-0.05, 0) is 50.1 Å². The molecular weight excluding hydrogens is 462 g/mol. The van der Waals surface area contributed by atoms with E-state index >= 15 is 0 Å². The Balaban J connectivity index is 0.00000148. The van der Waals surface area contributed by atoms with Gasteiger partial charge in [-0.15, -0.1) is 0 Å². The van der Waals surface area contributed by atoms with Crippen LogP contribution in [0.2, 0.25) is 0 Å². The summed E-state index contributed by atoms with van der Waals surface area (Å²) in [7, 11) is 0. The monoisotopic (exact) mass is 505 g/mol. The zero-order valence-electron chi connectivity index (χ0n) is 22.1. The first-order chi connectivity index (χ1) is 17.1. The van der Waals surface area contributed by atoms with Gasteiger partial charge in [0.2, 0.25) is 0 Å². The lowest BCUT2D eigenvalue weighted by atomic mass is 9.94. The number of pyridine rings is 1. The Kier molecular flexibility index (Phi) is 12.3. The van der Waals surface area contributed by atoms with Crippen molar-refractivity contribution in [3.05, 3.63) is 45.7 Å². The number of rotatable bonds is 10. The van der Waals surface area contributed by atoms with Crippen LogP contribution in [0.5, 0.6) is 11.5 Å². The van der Waals surface area contributed by atoms with Crippen LogP contribution in [0.3, 0.4) is 0 Å². The molecular formula is C26H43N5O5. The predicted molar refractivity (Wildman–Crippen MR) is 142 cm³/mol. The van der Waals surface area contributed by atoms with Crippen LogP contribution in [-0.4, -0.2) is 56.4 Å². The van der Waals surface area contributed by atoms with Crippen molar-refractivity contribution < 1.29 is 18.9 Å². The average Bonchev–Trinajstić information content (AvgIpc) is 2.91. The van der Waals surface area contributed by atoms with E-state index in [1.807, 2.05) is 37.5 Å². The molecule has 10 nitrogen and oxygen atoms in total. The van der Waals surface area contributed by atoms with Gasteiger partial charge in [0.05, 0.1) is 25.5 Å². The number of hydrogen-bond donors (Lipinski definition) is 4. The molecule has 1 fully saturated rings. The zero-order valence-corrected chi connectivity index (χ0v) is 22.1. The molecule has 10 heteroatoms. The maximum Gasteiger partial charge on any atom is 0.254 e. The van der Waals surface area contributed by atoms with Crippen molar-refractivity contribution in [3.63, 3.8) is 0 Å². The molecule has 7 N–H and O–H groups in total. The lowest BCUT2D eigenvalue weighted by Gasteiger charge is -2.27. The summed E-state index contributed by atoms with van der Waals surface area (Å²) in [4.78, 5) is 12.8. The minimum atomic E-state index is -0.124. The molecule has 0 radical (unpaired) electrons. The topological polar surface area (TPSA) is 144 Å². The minimum absolute atomic E-state index is 0. The van der Waals surface area contributed by atoms with Crippen LogP contribution in [0.4, 0.5) is 0 Å². The fraction of sp³-hybridized carbons (Fsp3) is 0.577. The third-order valence-electron chi connectivity index (χ3n) is 6.02. The number of fused-ring (bicyclic) bond motifs is 3. The standard InChI is InChI=1S/C24H34N4O5.C2H6.H3N/c1-3-7-26-22(27-25)15-32-18-4-5-20-17(11-18)6-8-28-23(29)12-21(16(2)24(20)28)33-14-19-13-30-9-10-31-19;1-2;/h4-5,11-12,19,22,26-27H,3,6-10,13-15,25H2,1-2H3;1-2H3;1H3/t19-,22?;;/m0../s1. The van der Waals surface area contributed by atoms with Crippen LogP contribution in [0.1, 0.15) is 38.3 Å². The van der Waals surface area contributed by atoms with Gasteiger partial charge in [0.15, 0.2) is 0 Å². The van der Waals surface area contributed by atoms with Crippen LogP contribution in [0, 0.1) is 6.92 Å². The van der Waals surface area contributed by atoms with E-state index in [0.717, 1.165) is 47.5 Å². The fourth-order valence-corrected chi connectivity index (χ4v) is 4.26. The first kappa shape index (κ1) is 29.8. The summed E-state index contributed by atoms with van der Waals surface area (Å²) in [5.41, 5.74) is 6.70. The Labute approximate surface area is 214 Å². The summed E-state index contributed by atoms with van der Waals surface area (Å²) in [5, 5.41) is 3.29. The van der Waals surface area contributed by atoms with Crippen LogP contribution in [0.25, 0.3) is 11.3 Å². The van der Waals surface area contributed by atoms with Gasteiger partial charge in [-0.2, -0.15) is 0 Å². The van der Waals surface area contributed by atoms with E-state index in [2.05, 4.69) is 23.7 Å². The molecule has 2 aliphatic heterocycles. The first-order valence-corrected chi connectivity index (χ1v) is 12.6. The van der Waals surface area contributed by atoms with Crippen molar-refractivity contribution in [2.24, 2.45) is 5.84 Å². The summed E-state index contributed by atoms with van der Waals surface area (Å²) in [5.74, 6) is 6.98. The zero-order chi connectivity index (χ0) is 25.2. The Bertz CT molecular complexity index is 1010. The molecule has 2 aromatic rings. The Morgan fingerprint density at radius 2 is 2.03 bits per heavy atom. The average molecular weight is 506 g/mol. The van der Waals surface area contributed by atoms with Gasteiger partial charge in [0.25, 0.3) is 5.56 Å². The van der Waals surface area contributed by atoms with E-state index < -0.39 is 0 Å². The van der Waals surface area contributed by atoms with Gasteiger partial charge >= 0.3 is 0 Å². The highest BCUT2D eigenvalue weighted by Gasteiger charge is 2.23. The molecule has 0 spiro atoms. The largest absolute Gasteiger partial charge is 0.491 e. The molecule has 0 amide bonds. The highest BCUT2D eigenvalue weighted by atomic mass is 16.6.